The molecule has 0 saturated carbocycles. The third kappa shape index (κ3) is 4.55. The highest BCUT2D eigenvalue weighted by molar-refractivity contribution is 9.10. The van der Waals surface area contributed by atoms with Crippen molar-refractivity contribution in [3.8, 4) is 0 Å². The standard InChI is InChI=1S/C15H22BrFN2/c1-2-18-10-12-5-7-19(8-6-12)11-13-9-14(17)3-4-15(13)16/h3-4,9,12,18H,2,5-8,10-11H2,1H3. The largest absolute Gasteiger partial charge is 0.317 e. The number of halogens is 2. The number of hydrogen-bond donors (Lipinski definition) is 1. The molecule has 2 nitrogen and oxygen atoms in total. The highest BCUT2D eigenvalue weighted by atomic mass is 79.9. The van der Waals surface area contributed by atoms with E-state index in [1.165, 1.54) is 18.9 Å². The molecule has 1 N–H and O–H groups in total. The van der Waals surface area contributed by atoms with Crippen LogP contribution in [0.3, 0.4) is 0 Å². The first-order valence-electron chi connectivity index (χ1n) is 7.06. The highest BCUT2D eigenvalue weighted by Gasteiger charge is 2.19. The molecule has 1 aromatic carbocycles. The monoisotopic (exact) mass is 328 g/mol. The molecule has 1 aliphatic heterocycles. The van der Waals surface area contributed by atoms with Crippen LogP contribution in [0.15, 0.2) is 22.7 Å². The number of nitrogens with one attached hydrogen (secondary N) is 1. The van der Waals surface area contributed by atoms with Crippen LogP contribution in [-0.2, 0) is 6.54 Å². The van der Waals surface area contributed by atoms with Gasteiger partial charge in [0.25, 0.3) is 0 Å². The molecule has 0 amide bonds. The molecule has 1 fully saturated rings. The fourth-order valence-electron chi connectivity index (χ4n) is 2.60. The van der Waals surface area contributed by atoms with E-state index in [0.717, 1.165) is 48.7 Å². The normalized spacial score (nSPS) is 17.8. The zero-order valence-corrected chi connectivity index (χ0v) is 13.0. The Balaban J connectivity index is 1.83. The zero-order chi connectivity index (χ0) is 13.7. The van der Waals surface area contributed by atoms with Crippen molar-refractivity contribution >= 4 is 15.9 Å². The average molecular weight is 329 g/mol. The van der Waals surface area contributed by atoms with Crippen molar-refractivity contribution in [3.63, 3.8) is 0 Å². The molecule has 0 spiro atoms. The Morgan fingerprint density at radius 2 is 2.11 bits per heavy atom. The molecule has 1 aliphatic rings. The van der Waals surface area contributed by atoms with E-state index in [2.05, 4.69) is 33.1 Å². The van der Waals surface area contributed by atoms with Crippen LogP contribution in [0.2, 0.25) is 0 Å². The predicted octanol–water partition coefficient (Wildman–Crippen LogP) is 3.41. The van der Waals surface area contributed by atoms with Gasteiger partial charge in [-0.25, -0.2) is 4.39 Å². The van der Waals surface area contributed by atoms with E-state index in [-0.39, 0.29) is 5.82 Å². The van der Waals surface area contributed by atoms with Gasteiger partial charge in [0.05, 0.1) is 0 Å². The van der Waals surface area contributed by atoms with Crippen molar-refractivity contribution in [3.05, 3.63) is 34.1 Å². The van der Waals surface area contributed by atoms with Gasteiger partial charge < -0.3 is 5.32 Å². The first kappa shape index (κ1) is 14.9. The van der Waals surface area contributed by atoms with Crippen LogP contribution in [0, 0.1) is 11.7 Å². The molecule has 0 aliphatic carbocycles. The molecule has 106 valence electrons. The number of nitrogens with zero attached hydrogens (tertiary/aromatic N) is 1. The van der Waals surface area contributed by atoms with Crippen LogP contribution in [-0.4, -0.2) is 31.1 Å². The Labute approximate surface area is 123 Å². The number of piperidine rings is 1. The second-order valence-corrected chi connectivity index (χ2v) is 6.12. The summed E-state index contributed by atoms with van der Waals surface area (Å²) in [7, 11) is 0. The maximum atomic E-state index is 13.3. The van der Waals surface area contributed by atoms with Gasteiger partial charge in [-0.05, 0) is 68.7 Å². The summed E-state index contributed by atoms with van der Waals surface area (Å²) in [5.41, 5.74) is 1.05. The van der Waals surface area contributed by atoms with Gasteiger partial charge in [-0.15, -0.1) is 0 Å². The molecule has 1 saturated heterocycles. The van der Waals surface area contributed by atoms with E-state index in [1.807, 2.05) is 0 Å². The Morgan fingerprint density at radius 3 is 2.79 bits per heavy atom. The van der Waals surface area contributed by atoms with E-state index >= 15 is 0 Å². The maximum Gasteiger partial charge on any atom is 0.123 e. The molecule has 0 bridgehead atoms. The van der Waals surface area contributed by atoms with Gasteiger partial charge in [0.2, 0.25) is 0 Å². The number of hydrogen-bond acceptors (Lipinski definition) is 2. The van der Waals surface area contributed by atoms with Gasteiger partial charge in [0.15, 0.2) is 0 Å². The molecular weight excluding hydrogens is 307 g/mol. The van der Waals surface area contributed by atoms with Gasteiger partial charge in [0.1, 0.15) is 5.82 Å². The van der Waals surface area contributed by atoms with Crippen LogP contribution in [0.25, 0.3) is 0 Å². The quantitative estimate of drug-likeness (QED) is 0.891. The van der Waals surface area contributed by atoms with Crippen LogP contribution < -0.4 is 5.32 Å². The lowest BCUT2D eigenvalue weighted by atomic mass is 9.96. The van der Waals surface area contributed by atoms with Gasteiger partial charge >= 0.3 is 0 Å². The van der Waals surface area contributed by atoms with Crippen molar-refractivity contribution in [2.45, 2.75) is 26.3 Å². The van der Waals surface area contributed by atoms with Gasteiger partial charge in [-0.3, -0.25) is 4.90 Å². The second kappa shape index (κ2) is 7.36. The second-order valence-electron chi connectivity index (χ2n) is 5.26. The predicted molar refractivity (Wildman–Crippen MR) is 80.6 cm³/mol. The number of rotatable bonds is 5. The SMILES string of the molecule is CCNCC1CCN(Cc2cc(F)ccc2Br)CC1. The fraction of sp³-hybridized carbons (Fsp3) is 0.600. The van der Waals surface area contributed by atoms with Crippen molar-refractivity contribution in [1.29, 1.82) is 0 Å². The van der Waals surface area contributed by atoms with E-state index in [0.29, 0.717) is 0 Å². The molecule has 1 aromatic rings. The Bertz CT molecular complexity index is 403. The molecule has 1 heterocycles. The van der Waals surface area contributed by atoms with Crippen molar-refractivity contribution in [2.75, 3.05) is 26.2 Å². The van der Waals surface area contributed by atoms with Crippen molar-refractivity contribution < 1.29 is 4.39 Å². The third-order valence-corrected chi connectivity index (χ3v) is 4.57. The van der Waals surface area contributed by atoms with Gasteiger partial charge in [-0.2, -0.15) is 0 Å². The van der Waals surface area contributed by atoms with Crippen LogP contribution in [0.4, 0.5) is 4.39 Å². The van der Waals surface area contributed by atoms with Crippen LogP contribution >= 0.6 is 15.9 Å². The van der Waals surface area contributed by atoms with E-state index in [4.69, 9.17) is 0 Å². The van der Waals surface area contributed by atoms with Crippen molar-refractivity contribution in [2.24, 2.45) is 5.92 Å². The summed E-state index contributed by atoms with van der Waals surface area (Å²) >= 11 is 3.50. The van der Waals surface area contributed by atoms with Crippen LogP contribution in [0.1, 0.15) is 25.3 Å². The molecule has 2 rings (SSSR count). The lowest BCUT2D eigenvalue weighted by Gasteiger charge is -2.32. The summed E-state index contributed by atoms with van der Waals surface area (Å²) in [5.74, 6) is 0.646. The highest BCUT2D eigenvalue weighted by Crippen LogP contribution is 2.23. The minimum atomic E-state index is -0.153. The van der Waals surface area contributed by atoms with E-state index < -0.39 is 0 Å². The molecule has 0 radical (unpaired) electrons. The zero-order valence-electron chi connectivity index (χ0n) is 11.5. The van der Waals surface area contributed by atoms with Crippen LogP contribution in [0.5, 0.6) is 0 Å². The van der Waals surface area contributed by atoms with E-state index in [1.54, 1.807) is 12.1 Å². The Kier molecular flexibility index (Phi) is 5.79. The summed E-state index contributed by atoms with van der Waals surface area (Å²) in [5, 5.41) is 3.42. The molecule has 0 unspecified atom stereocenters. The first-order valence-corrected chi connectivity index (χ1v) is 7.85. The first-order chi connectivity index (χ1) is 9.19. The lowest BCUT2D eigenvalue weighted by molar-refractivity contribution is 0.175. The summed E-state index contributed by atoms with van der Waals surface area (Å²) in [6.45, 7) is 7.39. The third-order valence-electron chi connectivity index (χ3n) is 3.79. The summed E-state index contributed by atoms with van der Waals surface area (Å²) in [6, 6.07) is 4.92. The molecular formula is C15H22BrFN2. The summed E-state index contributed by atoms with van der Waals surface area (Å²) < 4.78 is 14.3. The minimum absolute atomic E-state index is 0.153. The fourth-order valence-corrected chi connectivity index (χ4v) is 2.97. The summed E-state index contributed by atoms with van der Waals surface area (Å²) in [4.78, 5) is 2.42. The molecule has 4 heteroatoms. The average Bonchev–Trinajstić information content (AvgIpc) is 2.42. The topological polar surface area (TPSA) is 15.3 Å². The Morgan fingerprint density at radius 1 is 1.37 bits per heavy atom. The molecule has 0 atom stereocenters. The van der Waals surface area contributed by atoms with Gasteiger partial charge in [0, 0.05) is 11.0 Å². The Hall–Kier alpha value is -0.450. The maximum absolute atomic E-state index is 13.3. The minimum Gasteiger partial charge on any atom is -0.317 e. The van der Waals surface area contributed by atoms with E-state index in [9.17, 15) is 4.39 Å². The van der Waals surface area contributed by atoms with Gasteiger partial charge in [-0.1, -0.05) is 22.9 Å². The smallest absolute Gasteiger partial charge is 0.123 e. The van der Waals surface area contributed by atoms with Crippen molar-refractivity contribution in [1.82, 2.24) is 10.2 Å². The molecule has 19 heavy (non-hydrogen) atoms. The summed E-state index contributed by atoms with van der Waals surface area (Å²) in [6.07, 6.45) is 2.47. The molecule has 0 aromatic heterocycles. The number of likely N-dealkylation sites (tertiary alicyclic amines) is 1. The number of benzene rings is 1. The lowest BCUT2D eigenvalue weighted by Crippen LogP contribution is -2.36.